The van der Waals surface area contributed by atoms with Gasteiger partial charge in [-0.3, -0.25) is 9.59 Å². The maximum Gasteiger partial charge on any atom is 0.336 e. The van der Waals surface area contributed by atoms with E-state index in [1.165, 1.54) is 18.2 Å². The van der Waals surface area contributed by atoms with Crippen LogP contribution in [0.3, 0.4) is 0 Å². The Morgan fingerprint density at radius 3 is 2.08 bits per heavy atom. The molecule has 25 heavy (non-hydrogen) atoms. The van der Waals surface area contributed by atoms with Gasteiger partial charge in [-0.2, -0.15) is 0 Å². The Hall–Kier alpha value is -3.15. The second kappa shape index (κ2) is 8.10. The molecule has 0 aliphatic heterocycles. The fourth-order valence-corrected chi connectivity index (χ4v) is 2.49. The van der Waals surface area contributed by atoms with Crippen LogP contribution in [-0.2, 0) is 11.2 Å². The zero-order valence-electron chi connectivity index (χ0n) is 13.7. The SMILES string of the molecule is CCc1ccc(C(CNC(=O)c2ccccc2C(=O)O)C(=O)O)cc1. The van der Waals surface area contributed by atoms with Crippen molar-refractivity contribution in [3.05, 3.63) is 70.8 Å². The lowest BCUT2D eigenvalue weighted by Gasteiger charge is -2.15. The summed E-state index contributed by atoms with van der Waals surface area (Å²) in [5.74, 6) is -3.80. The molecular weight excluding hydrogens is 322 g/mol. The standard InChI is InChI=1S/C19H19NO5/c1-2-12-7-9-13(10-8-12)16(19(24)25)11-20-17(21)14-5-3-4-6-15(14)18(22)23/h3-10,16H,2,11H2,1H3,(H,20,21)(H,22,23)(H,24,25). The summed E-state index contributed by atoms with van der Waals surface area (Å²) in [7, 11) is 0. The van der Waals surface area contributed by atoms with Gasteiger partial charge in [-0.25, -0.2) is 4.79 Å². The maximum absolute atomic E-state index is 12.3. The summed E-state index contributed by atoms with van der Waals surface area (Å²) in [5, 5.41) is 21.1. The molecule has 2 rings (SSSR count). The molecule has 0 spiro atoms. The molecule has 6 nitrogen and oxygen atoms in total. The number of aryl methyl sites for hydroxylation is 1. The number of carbonyl (C=O) groups excluding carboxylic acids is 1. The third-order valence-electron chi connectivity index (χ3n) is 3.96. The number of hydrogen-bond donors (Lipinski definition) is 3. The normalized spacial score (nSPS) is 11.6. The number of rotatable bonds is 7. The van der Waals surface area contributed by atoms with Gasteiger partial charge in [-0.1, -0.05) is 43.3 Å². The van der Waals surface area contributed by atoms with Crippen molar-refractivity contribution in [2.75, 3.05) is 6.54 Å². The Labute approximate surface area is 145 Å². The van der Waals surface area contributed by atoms with E-state index in [0.717, 1.165) is 12.0 Å². The largest absolute Gasteiger partial charge is 0.481 e. The lowest BCUT2D eigenvalue weighted by Crippen LogP contribution is -2.32. The summed E-state index contributed by atoms with van der Waals surface area (Å²) in [4.78, 5) is 35.0. The van der Waals surface area contributed by atoms with E-state index >= 15 is 0 Å². The summed E-state index contributed by atoms with van der Waals surface area (Å²) < 4.78 is 0. The number of carboxylic acid groups (broad SMARTS) is 2. The molecule has 3 N–H and O–H groups in total. The third kappa shape index (κ3) is 4.44. The van der Waals surface area contributed by atoms with Gasteiger partial charge in [0.15, 0.2) is 0 Å². The van der Waals surface area contributed by atoms with Crippen LogP contribution in [0.4, 0.5) is 0 Å². The van der Waals surface area contributed by atoms with Crippen molar-refractivity contribution in [1.29, 1.82) is 0 Å². The minimum atomic E-state index is -1.21. The Morgan fingerprint density at radius 2 is 1.56 bits per heavy atom. The second-order valence-electron chi connectivity index (χ2n) is 5.55. The summed E-state index contributed by atoms with van der Waals surface area (Å²) >= 11 is 0. The number of aliphatic carboxylic acids is 1. The van der Waals surface area contributed by atoms with Crippen LogP contribution in [-0.4, -0.2) is 34.6 Å². The molecule has 0 heterocycles. The van der Waals surface area contributed by atoms with Crippen LogP contribution >= 0.6 is 0 Å². The monoisotopic (exact) mass is 341 g/mol. The van der Waals surface area contributed by atoms with Crippen LogP contribution in [0.1, 0.15) is 44.7 Å². The Balaban J connectivity index is 2.15. The smallest absolute Gasteiger partial charge is 0.336 e. The van der Waals surface area contributed by atoms with E-state index in [1.807, 2.05) is 19.1 Å². The number of benzene rings is 2. The molecule has 1 atom stereocenters. The number of hydrogen-bond acceptors (Lipinski definition) is 3. The number of nitrogens with one attached hydrogen (secondary N) is 1. The van der Waals surface area contributed by atoms with E-state index in [0.29, 0.717) is 5.56 Å². The average Bonchev–Trinajstić information content (AvgIpc) is 2.62. The van der Waals surface area contributed by atoms with Gasteiger partial charge in [-0.05, 0) is 29.7 Å². The molecule has 1 amide bonds. The molecule has 2 aromatic rings. The topological polar surface area (TPSA) is 104 Å². The van der Waals surface area contributed by atoms with Crippen molar-refractivity contribution in [2.45, 2.75) is 19.3 Å². The van der Waals surface area contributed by atoms with Crippen LogP contribution in [0.5, 0.6) is 0 Å². The molecule has 0 saturated heterocycles. The Bertz CT molecular complexity index is 783. The minimum Gasteiger partial charge on any atom is -0.481 e. The van der Waals surface area contributed by atoms with E-state index in [-0.39, 0.29) is 17.7 Å². The first-order chi connectivity index (χ1) is 11.9. The first kappa shape index (κ1) is 18.2. The first-order valence-corrected chi connectivity index (χ1v) is 7.86. The minimum absolute atomic E-state index is 0.000435. The van der Waals surface area contributed by atoms with Gasteiger partial charge in [0.2, 0.25) is 0 Å². The summed E-state index contributed by atoms with van der Waals surface area (Å²) in [6, 6.07) is 13.0. The van der Waals surface area contributed by atoms with Crippen LogP contribution in [0, 0.1) is 0 Å². The van der Waals surface area contributed by atoms with Gasteiger partial charge in [-0.15, -0.1) is 0 Å². The summed E-state index contributed by atoms with van der Waals surface area (Å²) in [6.07, 6.45) is 0.848. The Kier molecular flexibility index (Phi) is 5.89. The van der Waals surface area contributed by atoms with Crippen molar-refractivity contribution in [2.24, 2.45) is 0 Å². The van der Waals surface area contributed by atoms with Crippen LogP contribution in [0.25, 0.3) is 0 Å². The molecule has 0 bridgehead atoms. The van der Waals surface area contributed by atoms with Crippen molar-refractivity contribution < 1.29 is 24.6 Å². The molecule has 6 heteroatoms. The number of aromatic carboxylic acids is 1. The van der Waals surface area contributed by atoms with E-state index in [9.17, 15) is 19.5 Å². The number of carboxylic acids is 2. The van der Waals surface area contributed by atoms with Crippen molar-refractivity contribution in [1.82, 2.24) is 5.32 Å². The fourth-order valence-electron chi connectivity index (χ4n) is 2.49. The molecule has 2 aromatic carbocycles. The molecule has 0 aliphatic carbocycles. The number of amides is 1. The van der Waals surface area contributed by atoms with Crippen molar-refractivity contribution >= 4 is 17.8 Å². The average molecular weight is 341 g/mol. The summed E-state index contributed by atoms with van der Waals surface area (Å²) in [5.41, 5.74) is 1.54. The molecular formula is C19H19NO5. The van der Waals surface area contributed by atoms with E-state index in [4.69, 9.17) is 5.11 Å². The maximum atomic E-state index is 12.3. The van der Waals surface area contributed by atoms with Gasteiger partial charge in [0, 0.05) is 6.54 Å². The van der Waals surface area contributed by atoms with Crippen molar-refractivity contribution in [3.63, 3.8) is 0 Å². The molecule has 130 valence electrons. The highest BCUT2D eigenvalue weighted by molar-refractivity contribution is 6.04. The predicted molar refractivity (Wildman–Crippen MR) is 91.9 cm³/mol. The lowest BCUT2D eigenvalue weighted by atomic mass is 9.97. The van der Waals surface area contributed by atoms with Gasteiger partial charge >= 0.3 is 11.9 Å². The zero-order chi connectivity index (χ0) is 18.4. The van der Waals surface area contributed by atoms with E-state index in [2.05, 4.69) is 5.32 Å². The quantitative estimate of drug-likeness (QED) is 0.718. The van der Waals surface area contributed by atoms with Crippen LogP contribution < -0.4 is 5.32 Å². The van der Waals surface area contributed by atoms with Gasteiger partial charge in [0.1, 0.15) is 0 Å². The molecule has 0 fully saturated rings. The fraction of sp³-hybridized carbons (Fsp3) is 0.211. The van der Waals surface area contributed by atoms with Crippen LogP contribution in [0.2, 0.25) is 0 Å². The van der Waals surface area contributed by atoms with Gasteiger partial charge < -0.3 is 15.5 Å². The zero-order valence-corrected chi connectivity index (χ0v) is 13.7. The molecule has 0 radical (unpaired) electrons. The highest BCUT2D eigenvalue weighted by atomic mass is 16.4. The van der Waals surface area contributed by atoms with E-state index in [1.54, 1.807) is 18.2 Å². The molecule has 0 aromatic heterocycles. The second-order valence-corrected chi connectivity index (χ2v) is 5.55. The lowest BCUT2D eigenvalue weighted by molar-refractivity contribution is -0.138. The molecule has 0 saturated carbocycles. The van der Waals surface area contributed by atoms with Crippen molar-refractivity contribution in [3.8, 4) is 0 Å². The number of carbonyl (C=O) groups is 3. The Morgan fingerprint density at radius 1 is 0.960 bits per heavy atom. The first-order valence-electron chi connectivity index (χ1n) is 7.86. The van der Waals surface area contributed by atoms with E-state index < -0.39 is 23.8 Å². The van der Waals surface area contributed by atoms with Gasteiger partial charge in [0.05, 0.1) is 17.0 Å². The third-order valence-corrected chi connectivity index (χ3v) is 3.96. The van der Waals surface area contributed by atoms with Crippen LogP contribution in [0.15, 0.2) is 48.5 Å². The highest BCUT2D eigenvalue weighted by Crippen LogP contribution is 2.17. The molecule has 0 aliphatic rings. The highest BCUT2D eigenvalue weighted by Gasteiger charge is 2.22. The summed E-state index contributed by atoms with van der Waals surface area (Å²) in [6.45, 7) is 1.87. The van der Waals surface area contributed by atoms with Gasteiger partial charge in [0.25, 0.3) is 5.91 Å². The predicted octanol–water partition coefficient (Wildman–Crippen LogP) is 2.55. The molecule has 1 unspecified atom stereocenters.